The van der Waals surface area contributed by atoms with Gasteiger partial charge in [-0.1, -0.05) is 0 Å². The molecule has 0 amide bonds. The van der Waals surface area contributed by atoms with E-state index in [1.807, 2.05) is 0 Å². The molecule has 266 valence electrons. The Morgan fingerprint density at radius 2 is 1.51 bits per heavy atom. The highest BCUT2D eigenvalue weighted by molar-refractivity contribution is 5.88. The fraction of sp³-hybridized carbons (Fsp3) is 0.485. The number of phenolic OH excluding ortho intramolecular Hbond substituents is 1. The van der Waals surface area contributed by atoms with Crippen LogP contribution in [-0.2, 0) is 33.3 Å². The van der Waals surface area contributed by atoms with Gasteiger partial charge in [-0.15, -0.1) is 0 Å². The predicted octanol–water partition coefficient (Wildman–Crippen LogP) is 0.691. The number of hydrogen-bond acceptors (Lipinski definition) is 16. The number of fused-ring (bicyclic) bond motifs is 1. The van der Waals surface area contributed by atoms with Gasteiger partial charge in [0.1, 0.15) is 70.6 Å². The molecule has 5 N–H and O–H groups in total. The minimum atomic E-state index is -1.86. The minimum Gasteiger partial charge on any atom is -0.506 e. The fourth-order valence-corrected chi connectivity index (χ4v) is 6.04. The number of aromatic hydroxyl groups is 1. The monoisotopic (exact) mass is 690 g/mol. The maximum absolute atomic E-state index is 13.5. The normalized spacial score (nSPS) is 30.1. The molecule has 0 bridgehead atoms. The Hall–Kier alpha value is -4.29. The maximum Gasteiger partial charge on any atom is 0.303 e. The first-order valence-electron chi connectivity index (χ1n) is 15.3. The summed E-state index contributed by atoms with van der Waals surface area (Å²) in [4.78, 5) is 37.2. The molecular weight excluding hydrogens is 652 g/mol. The van der Waals surface area contributed by atoms with Crippen molar-refractivity contribution in [1.82, 2.24) is 0 Å². The van der Waals surface area contributed by atoms with Crippen LogP contribution in [0.4, 0.5) is 0 Å². The zero-order valence-corrected chi connectivity index (χ0v) is 27.2. The summed E-state index contributed by atoms with van der Waals surface area (Å²) in [6.07, 6.45) is -15.5. The Morgan fingerprint density at radius 3 is 2.10 bits per heavy atom. The molecule has 16 heteroatoms. The van der Waals surface area contributed by atoms with Crippen molar-refractivity contribution in [3.05, 3.63) is 52.2 Å². The minimum absolute atomic E-state index is 0.0667. The van der Waals surface area contributed by atoms with Gasteiger partial charge in [0.25, 0.3) is 0 Å². The smallest absolute Gasteiger partial charge is 0.303 e. The lowest BCUT2D eigenvalue weighted by molar-refractivity contribution is -0.339. The number of esters is 2. The summed E-state index contributed by atoms with van der Waals surface area (Å²) in [5.41, 5.74) is -0.403. The molecule has 0 aliphatic carbocycles. The molecule has 2 aliphatic heterocycles. The summed E-state index contributed by atoms with van der Waals surface area (Å²) in [5, 5.41) is 54.6. The summed E-state index contributed by atoms with van der Waals surface area (Å²) in [6.45, 7) is 2.85. The molecule has 5 rings (SSSR count). The molecule has 10 atom stereocenters. The Balaban J connectivity index is 1.60. The second-order valence-corrected chi connectivity index (χ2v) is 11.6. The van der Waals surface area contributed by atoms with E-state index < -0.39 is 90.9 Å². The molecule has 0 unspecified atom stereocenters. The molecule has 2 saturated heterocycles. The molecular formula is C33H38O16. The number of hydrogen-bond donors (Lipinski definition) is 5. The van der Waals surface area contributed by atoms with Crippen molar-refractivity contribution in [2.75, 3.05) is 20.8 Å². The molecule has 1 aromatic heterocycles. The molecule has 49 heavy (non-hydrogen) atoms. The molecule has 2 aromatic carbocycles. The largest absolute Gasteiger partial charge is 0.506 e. The van der Waals surface area contributed by atoms with Crippen LogP contribution in [0.3, 0.4) is 0 Å². The zero-order valence-electron chi connectivity index (χ0n) is 27.2. The third-order valence-corrected chi connectivity index (χ3v) is 8.39. The first-order chi connectivity index (χ1) is 23.3. The van der Waals surface area contributed by atoms with Gasteiger partial charge in [-0.05, 0) is 31.2 Å². The highest BCUT2D eigenvalue weighted by atomic mass is 16.7. The van der Waals surface area contributed by atoms with Gasteiger partial charge < -0.3 is 63.1 Å². The average Bonchev–Trinajstić information content (AvgIpc) is 3.06. The van der Waals surface area contributed by atoms with Crippen LogP contribution in [-0.4, -0.2) is 113 Å². The van der Waals surface area contributed by atoms with E-state index in [1.165, 1.54) is 33.3 Å². The first-order valence-corrected chi connectivity index (χ1v) is 15.3. The lowest BCUT2D eigenvalue weighted by atomic mass is 9.89. The Labute approximate surface area is 279 Å². The number of phenols is 1. The van der Waals surface area contributed by atoms with E-state index in [1.54, 1.807) is 24.3 Å². The van der Waals surface area contributed by atoms with Gasteiger partial charge in [0.05, 0.1) is 32.5 Å². The predicted molar refractivity (Wildman–Crippen MR) is 166 cm³/mol. The Kier molecular flexibility index (Phi) is 10.8. The van der Waals surface area contributed by atoms with Crippen LogP contribution >= 0.6 is 0 Å². The topological polar surface area (TPSA) is 230 Å². The SMILES string of the molecule is COc1ccc(-c2cc(=O)c3c(O)c([C@@H]4O[C@H](CO)[C@@H](O)[C@H](O)[C@H]4O[C@@H]4O[C@@H](C)[C@H](OC(C)=O)[C@@H](O)[C@H]4OC(C)=O)c(OC)cc3o2)cc1. The van der Waals surface area contributed by atoms with Crippen molar-refractivity contribution in [2.45, 2.75) is 82.0 Å². The highest BCUT2D eigenvalue weighted by Crippen LogP contribution is 2.47. The summed E-state index contributed by atoms with van der Waals surface area (Å²) in [5.74, 6) is -1.61. The van der Waals surface area contributed by atoms with Gasteiger partial charge in [-0.2, -0.15) is 0 Å². The zero-order chi connectivity index (χ0) is 35.7. The van der Waals surface area contributed by atoms with Gasteiger partial charge in [-0.25, -0.2) is 0 Å². The number of carbonyl (C=O) groups is 2. The van der Waals surface area contributed by atoms with Crippen molar-refractivity contribution >= 4 is 22.9 Å². The van der Waals surface area contributed by atoms with E-state index in [0.717, 1.165) is 13.8 Å². The number of rotatable bonds is 9. The highest BCUT2D eigenvalue weighted by Gasteiger charge is 2.53. The Bertz CT molecular complexity index is 1720. The number of ether oxygens (including phenoxy) is 7. The number of carbonyl (C=O) groups excluding carboxylic acids is 2. The molecule has 3 heterocycles. The number of benzene rings is 2. The van der Waals surface area contributed by atoms with Gasteiger partial charge in [0, 0.05) is 31.5 Å². The standard InChI is InChI=1S/C33H38O16/c1-13-29(45-14(2)35)28(41)32(46-15(3)36)33(44-13)49-31-27(40)25(38)22(12-34)48-30(31)24-20(43-5)11-21-23(26(24)39)18(37)10-19(47-21)16-6-8-17(42-4)9-7-16/h6-11,13,22,25,27-34,38-41H,12H2,1-5H3/t13-,22+,25+,27-,28+,29-,30-,31+,32+,33-/m0/s1. The lowest BCUT2D eigenvalue weighted by Crippen LogP contribution is -2.63. The van der Waals surface area contributed by atoms with Crippen LogP contribution in [0.1, 0.15) is 32.4 Å². The van der Waals surface area contributed by atoms with Crippen LogP contribution in [0.2, 0.25) is 0 Å². The molecule has 0 saturated carbocycles. The third-order valence-electron chi connectivity index (χ3n) is 8.39. The summed E-state index contributed by atoms with van der Waals surface area (Å²) >= 11 is 0. The Morgan fingerprint density at radius 1 is 0.857 bits per heavy atom. The van der Waals surface area contributed by atoms with Crippen LogP contribution in [0, 0.1) is 0 Å². The van der Waals surface area contributed by atoms with Crippen molar-refractivity contribution in [3.63, 3.8) is 0 Å². The number of methoxy groups -OCH3 is 2. The van der Waals surface area contributed by atoms with Crippen LogP contribution < -0.4 is 14.9 Å². The number of aliphatic hydroxyl groups is 4. The average molecular weight is 691 g/mol. The van der Waals surface area contributed by atoms with Gasteiger partial charge in [0.2, 0.25) is 0 Å². The fourth-order valence-electron chi connectivity index (χ4n) is 6.04. The summed E-state index contributed by atoms with van der Waals surface area (Å²) in [6, 6.07) is 9.20. The second kappa shape index (κ2) is 14.7. The number of aliphatic hydroxyl groups excluding tert-OH is 4. The second-order valence-electron chi connectivity index (χ2n) is 11.6. The van der Waals surface area contributed by atoms with E-state index in [2.05, 4.69) is 0 Å². The van der Waals surface area contributed by atoms with Crippen molar-refractivity contribution in [3.8, 4) is 28.6 Å². The van der Waals surface area contributed by atoms with Crippen molar-refractivity contribution in [1.29, 1.82) is 0 Å². The van der Waals surface area contributed by atoms with Crippen LogP contribution in [0.25, 0.3) is 22.3 Å². The molecule has 2 aliphatic rings. The van der Waals surface area contributed by atoms with E-state index in [9.17, 15) is 39.9 Å². The van der Waals surface area contributed by atoms with Gasteiger partial charge in [-0.3, -0.25) is 14.4 Å². The van der Waals surface area contributed by atoms with Crippen LogP contribution in [0.5, 0.6) is 17.2 Å². The lowest BCUT2D eigenvalue weighted by Gasteiger charge is -2.47. The molecule has 16 nitrogen and oxygen atoms in total. The van der Waals surface area contributed by atoms with Gasteiger partial charge in [0.15, 0.2) is 23.9 Å². The third kappa shape index (κ3) is 7.07. The van der Waals surface area contributed by atoms with Gasteiger partial charge >= 0.3 is 11.9 Å². The van der Waals surface area contributed by atoms with E-state index in [-0.39, 0.29) is 28.0 Å². The van der Waals surface area contributed by atoms with E-state index >= 15 is 0 Å². The molecule has 0 radical (unpaired) electrons. The van der Waals surface area contributed by atoms with Crippen LogP contribution in [0.15, 0.2) is 45.6 Å². The molecule has 3 aromatic rings. The molecule has 0 spiro atoms. The summed E-state index contributed by atoms with van der Waals surface area (Å²) < 4.78 is 45.1. The quantitative estimate of drug-likeness (QED) is 0.195. The maximum atomic E-state index is 13.5. The van der Waals surface area contributed by atoms with Crippen molar-refractivity contribution < 1.29 is 72.7 Å². The van der Waals surface area contributed by atoms with E-state index in [0.29, 0.717) is 11.3 Å². The first kappa shape index (κ1) is 36.0. The summed E-state index contributed by atoms with van der Waals surface area (Å²) in [7, 11) is 2.77. The van der Waals surface area contributed by atoms with Crippen molar-refractivity contribution in [2.24, 2.45) is 0 Å². The van der Waals surface area contributed by atoms with E-state index in [4.69, 9.17) is 37.6 Å². The molecule has 2 fully saturated rings.